The summed E-state index contributed by atoms with van der Waals surface area (Å²) < 4.78 is 15.1. The van der Waals surface area contributed by atoms with Crippen molar-refractivity contribution in [3.8, 4) is 0 Å². The van der Waals surface area contributed by atoms with Gasteiger partial charge in [0.2, 0.25) is 0 Å². The zero-order chi connectivity index (χ0) is 20.1. The Morgan fingerprint density at radius 1 is 1.18 bits per heavy atom. The molecule has 0 spiro atoms. The van der Waals surface area contributed by atoms with E-state index in [1.54, 1.807) is 17.0 Å². The minimum atomic E-state index is -0.531. The number of nitrogens with one attached hydrogen (secondary N) is 1. The molecular weight excluding hydrogens is 363 g/mol. The molecule has 1 aromatic carbocycles. The van der Waals surface area contributed by atoms with Crippen LogP contribution in [0.5, 0.6) is 0 Å². The van der Waals surface area contributed by atoms with Gasteiger partial charge in [-0.2, -0.15) is 5.10 Å². The van der Waals surface area contributed by atoms with Gasteiger partial charge in [-0.1, -0.05) is 19.1 Å². The topological polar surface area (TPSA) is 84.3 Å². The molecule has 0 radical (unpaired) electrons. The summed E-state index contributed by atoms with van der Waals surface area (Å²) in [4.78, 5) is 38.2. The quantitative estimate of drug-likeness (QED) is 0.850. The van der Waals surface area contributed by atoms with Gasteiger partial charge < -0.3 is 10.2 Å². The highest BCUT2D eigenvalue weighted by atomic mass is 19.1. The number of rotatable bonds is 5. The van der Waals surface area contributed by atoms with Crippen LogP contribution in [0.1, 0.15) is 47.0 Å². The second kappa shape index (κ2) is 8.77. The average Bonchev–Trinajstić information content (AvgIpc) is 2.70. The van der Waals surface area contributed by atoms with Crippen LogP contribution in [-0.2, 0) is 6.54 Å². The molecule has 7 nitrogen and oxygen atoms in total. The Kier molecular flexibility index (Phi) is 6.18. The van der Waals surface area contributed by atoms with E-state index in [1.165, 1.54) is 28.9 Å². The molecule has 0 atom stereocenters. The monoisotopic (exact) mass is 386 g/mol. The van der Waals surface area contributed by atoms with Crippen molar-refractivity contribution >= 4 is 11.8 Å². The summed E-state index contributed by atoms with van der Waals surface area (Å²) in [5.41, 5.74) is 0.0173. The molecule has 1 aromatic heterocycles. The van der Waals surface area contributed by atoms with Gasteiger partial charge >= 0.3 is 0 Å². The molecule has 0 aliphatic carbocycles. The minimum absolute atomic E-state index is 0.0624. The van der Waals surface area contributed by atoms with Gasteiger partial charge in [-0.3, -0.25) is 14.4 Å². The maximum atomic E-state index is 13.8. The highest BCUT2D eigenvalue weighted by molar-refractivity contribution is 5.94. The van der Waals surface area contributed by atoms with Crippen LogP contribution in [0, 0.1) is 5.82 Å². The van der Waals surface area contributed by atoms with Crippen LogP contribution >= 0.6 is 0 Å². The lowest BCUT2D eigenvalue weighted by Crippen LogP contribution is -2.47. The normalized spacial score (nSPS) is 14.7. The lowest BCUT2D eigenvalue weighted by atomic mass is 10.0. The Labute approximate surface area is 162 Å². The molecule has 2 heterocycles. The van der Waals surface area contributed by atoms with Gasteiger partial charge in [0, 0.05) is 31.7 Å². The van der Waals surface area contributed by atoms with Crippen LogP contribution in [0.15, 0.2) is 41.2 Å². The lowest BCUT2D eigenvalue weighted by molar-refractivity contribution is 0.0693. The Hall–Kier alpha value is -3.03. The highest BCUT2D eigenvalue weighted by Gasteiger charge is 2.26. The standard InChI is InChI=1S/C20H23FN4O3/c1-2-11-25-18(26)8-7-17(23-25)19(27)22-14-9-12-24(13-10-14)20(28)15-5-3-4-6-16(15)21/h3-8,14H,2,9-13H2,1H3,(H,22,27). The van der Waals surface area contributed by atoms with Crippen molar-refractivity contribution in [3.63, 3.8) is 0 Å². The number of hydrogen-bond acceptors (Lipinski definition) is 4. The van der Waals surface area contributed by atoms with Crippen LogP contribution in [0.3, 0.4) is 0 Å². The molecule has 0 unspecified atom stereocenters. The van der Waals surface area contributed by atoms with E-state index in [2.05, 4.69) is 10.4 Å². The average molecular weight is 386 g/mol. The Morgan fingerprint density at radius 3 is 2.57 bits per heavy atom. The molecule has 1 aliphatic rings. The van der Waals surface area contributed by atoms with Crippen LogP contribution in [-0.4, -0.2) is 45.6 Å². The summed E-state index contributed by atoms with van der Waals surface area (Å²) in [6, 6.07) is 8.58. The molecule has 2 aromatic rings. The third-order valence-corrected chi connectivity index (χ3v) is 4.76. The van der Waals surface area contributed by atoms with E-state index in [0.717, 1.165) is 6.42 Å². The van der Waals surface area contributed by atoms with E-state index in [0.29, 0.717) is 32.5 Å². The first-order valence-corrected chi connectivity index (χ1v) is 9.42. The molecule has 1 saturated heterocycles. The number of likely N-dealkylation sites (tertiary alicyclic amines) is 1. The van der Waals surface area contributed by atoms with Crippen LogP contribution < -0.4 is 10.9 Å². The fraction of sp³-hybridized carbons (Fsp3) is 0.400. The fourth-order valence-electron chi connectivity index (χ4n) is 3.23. The minimum Gasteiger partial charge on any atom is -0.348 e. The molecule has 1 N–H and O–H groups in total. The molecule has 1 aliphatic heterocycles. The van der Waals surface area contributed by atoms with Crippen molar-refractivity contribution in [3.05, 3.63) is 63.8 Å². The molecule has 3 rings (SSSR count). The maximum Gasteiger partial charge on any atom is 0.271 e. The van der Waals surface area contributed by atoms with E-state index < -0.39 is 5.82 Å². The summed E-state index contributed by atoms with van der Waals surface area (Å²) >= 11 is 0. The summed E-state index contributed by atoms with van der Waals surface area (Å²) in [6.45, 7) is 3.25. The molecule has 28 heavy (non-hydrogen) atoms. The lowest BCUT2D eigenvalue weighted by Gasteiger charge is -2.32. The number of aryl methyl sites for hydroxylation is 1. The third kappa shape index (κ3) is 4.44. The second-order valence-electron chi connectivity index (χ2n) is 6.80. The molecule has 0 bridgehead atoms. The number of halogens is 1. The number of piperidine rings is 1. The maximum absolute atomic E-state index is 13.8. The first-order valence-electron chi connectivity index (χ1n) is 9.42. The van der Waals surface area contributed by atoms with Gasteiger partial charge in [0.1, 0.15) is 11.5 Å². The van der Waals surface area contributed by atoms with Gasteiger partial charge in [-0.05, 0) is 37.5 Å². The van der Waals surface area contributed by atoms with Gasteiger partial charge in [0.05, 0.1) is 5.56 Å². The summed E-state index contributed by atoms with van der Waals surface area (Å²) in [5, 5.41) is 7.01. The third-order valence-electron chi connectivity index (χ3n) is 4.76. The van der Waals surface area contributed by atoms with Gasteiger partial charge in [-0.15, -0.1) is 0 Å². The van der Waals surface area contributed by atoms with Gasteiger partial charge in [0.15, 0.2) is 0 Å². The number of carbonyl (C=O) groups excluding carboxylic acids is 2. The highest BCUT2D eigenvalue weighted by Crippen LogP contribution is 2.16. The van der Waals surface area contributed by atoms with E-state index in [-0.39, 0.29) is 34.7 Å². The number of aromatic nitrogens is 2. The number of amides is 2. The van der Waals surface area contributed by atoms with Crippen molar-refractivity contribution in [2.45, 2.75) is 38.8 Å². The van der Waals surface area contributed by atoms with Crippen LogP contribution in [0.4, 0.5) is 4.39 Å². The van der Waals surface area contributed by atoms with Crippen molar-refractivity contribution in [1.82, 2.24) is 20.0 Å². The van der Waals surface area contributed by atoms with Crippen molar-refractivity contribution in [2.75, 3.05) is 13.1 Å². The second-order valence-corrected chi connectivity index (χ2v) is 6.80. The van der Waals surface area contributed by atoms with Gasteiger partial charge in [-0.25, -0.2) is 9.07 Å². The largest absolute Gasteiger partial charge is 0.348 e. The van der Waals surface area contributed by atoms with Crippen molar-refractivity contribution in [1.29, 1.82) is 0 Å². The predicted octanol–water partition coefficient (Wildman–Crippen LogP) is 1.83. The zero-order valence-electron chi connectivity index (χ0n) is 15.7. The Balaban J connectivity index is 1.58. The van der Waals surface area contributed by atoms with E-state index in [9.17, 15) is 18.8 Å². The molecule has 1 fully saturated rings. The summed E-state index contributed by atoms with van der Waals surface area (Å²) in [5.74, 6) is -1.21. The summed E-state index contributed by atoms with van der Waals surface area (Å²) in [7, 11) is 0. The summed E-state index contributed by atoms with van der Waals surface area (Å²) in [6.07, 6.45) is 1.88. The fourth-order valence-corrected chi connectivity index (χ4v) is 3.23. The van der Waals surface area contributed by atoms with Gasteiger partial charge in [0.25, 0.3) is 17.4 Å². The van der Waals surface area contributed by atoms with Crippen LogP contribution in [0.25, 0.3) is 0 Å². The first kappa shape index (κ1) is 19.7. The zero-order valence-corrected chi connectivity index (χ0v) is 15.7. The Morgan fingerprint density at radius 2 is 1.89 bits per heavy atom. The number of nitrogens with zero attached hydrogens (tertiary/aromatic N) is 3. The van der Waals surface area contributed by atoms with E-state index >= 15 is 0 Å². The molecular formula is C20H23FN4O3. The number of benzene rings is 1. The number of carbonyl (C=O) groups is 2. The smallest absolute Gasteiger partial charge is 0.271 e. The molecule has 148 valence electrons. The number of hydrogen-bond donors (Lipinski definition) is 1. The SMILES string of the molecule is CCCn1nc(C(=O)NC2CCN(C(=O)c3ccccc3F)CC2)ccc1=O. The van der Waals surface area contributed by atoms with E-state index in [4.69, 9.17) is 0 Å². The molecule has 0 saturated carbocycles. The van der Waals surface area contributed by atoms with Crippen LogP contribution in [0.2, 0.25) is 0 Å². The Bertz CT molecular complexity index is 920. The predicted molar refractivity (Wildman–Crippen MR) is 102 cm³/mol. The first-order chi connectivity index (χ1) is 13.5. The molecule has 8 heteroatoms. The van der Waals surface area contributed by atoms with Crippen molar-refractivity contribution in [2.24, 2.45) is 0 Å². The molecule has 2 amide bonds. The van der Waals surface area contributed by atoms with E-state index in [1.807, 2.05) is 6.92 Å². The van der Waals surface area contributed by atoms with Crippen molar-refractivity contribution < 1.29 is 14.0 Å².